The number of esters is 1. The summed E-state index contributed by atoms with van der Waals surface area (Å²) in [5.41, 5.74) is 0.570. The van der Waals surface area contributed by atoms with Gasteiger partial charge in [0.05, 0.1) is 12.0 Å². The summed E-state index contributed by atoms with van der Waals surface area (Å²) in [5.74, 6) is 1.19. The Morgan fingerprint density at radius 1 is 1.18 bits per heavy atom. The fourth-order valence-electron chi connectivity index (χ4n) is 9.53. The molecule has 0 aromatic carbocycles. The number of aliphatic hydroxyl groups is 1. The second kappa shape index (κ2) is 7.54. The van der Waals surface area contributed by atoms with E-state index < -0.39 is 11.5 Å². The zero-order valence-electron chi connectivity index (χ0n) is 22.2. The monoisotopic (exact) mass is 468 g/mol. The quantitative estimate of drug-likeness (QED) is 0.415. The lowest BCUT2D eigenvalue weighted by Gasteiger charge is -2.64. The molecule has 34 heavy (non-hydrogen) atoms. The highest BCUT2D eigenvalue weighted by molar-refractivity contribution is 5.85. The highest BCUT2D eigenvalue weighted by Crippen LogP contribution is 2.74. The lowest BCUT2D eigenvalue weighted by atomic mass is 9.40. The van der Waals surface area contributed by atoms with Crippen molar-refractivity contribution in [2.75, 3.05) is 0 Å². The molecule has 0 radical (unpaired) electrons. The molecule has 1 aliphatic heterocycles. The largest absolute Gasteiger partial charge is 0.462 e. The van der Waals surface area contributed by atoms with E-state index in [0.717, 1.165) is 25.7 Å². The SMILES string of the molecule is CC(C)/C=C/C[C@H]1C(=O)O[C@H]2C[C@]3(C)C4=CC[C@H]5C(C)(C)C(=O)CC[C@]5(C)C4C[C@@H](O)[C@@]3(C)[C@@H]21. The first-order valence-electron chi connectivity index (χ1n) is 13.6. The minimum Gasteiger partial charge on any atom is -0.462 e. The number of rotatable bonds is 3. The fourth-order valence-corrected chi connectivity index (χ4v) is 9.53. The summed E-state index contributed by atoms with van der Waals surface area (Å²) in [5, 5.41) is 11.9. The number of aliphatic hydroxyl groups excluding tert-OH is 1. The van der Waals surface area contributed by atoms with Crippen LogP contribution in [0.3, 0.4) is 0 Å². The van der Waals surface area contributed by atoms with Crippen LogP contribution >= 0.6 is 0 Å². The molecule has 0 aromatic heterocycles. The first-order valence-corrected chi connectivity index (χ1v) is 13.6. The topological polar surface area (TPSA) is 63.6 Å². The minimum atomic E-state index is -0.489. The molecular weight excluding hydrogens is 424 g/mol. The van der Waals surface area contributed by atoms with Crippen molar-refractivity contribution >= 4 is 11.8 Å². The zero-order chi connectivity index (χ0) is 24.8. The molecule has 1 saturated heterocycles. The maximum absolute atomic E-state index is 12.9. The van der Waals surface area contributed by atoms with E-state index in [1.54, 1.807) is 0 Å². The number of Topliss-reactive ketones (excluding diaryl/α,β-unsaturated/α-hetero) is 1. The standard InChI is InChI=1S/C30H44O4/c1-17(2)9-8-10-18-25-21(34-26(18)33)16-29(6)19-11-12-22-27(3,4)23(31)13-14-28(22,5)20(19)15-24(32)30(25,29)7/h8-9,11,17-18,20-22,24-25,32H,10,12-16H2,1-7H3/b9-8+/t18-,20?,21+,22+,24-,25-,28-,29-,30+/m1/s1. The van der Waals surface area contributed by atoms with Crippen molar-refractivity contribution in [1.82, 2.24) is 0 Å². The number of hydrogen-bond donors (Lipinski definition) is 1. The number of allylic oxidation sites excluding steroid dienone is 4. The van der Waals surface area contributed by atoms with Crippen LogP contribution in [0.1, 0.15) is 87.0 Å². The smallest absolute Gasteiger partial charge is 0.309 e. The molecule has 1 unspecified atom stereocenters. The second-order valence-electron chi connectivity index (χ2n) is 13.7. The van der Waals surface area contributed by atoms with Crippen molar-refractivity contribution in [2.24, 2.45) is 51.2 Å². The molecule has 1 N–H and O–H groups in total. The number of ether oxygens (including phenoxy) is 1. The lowest BCUT2D eigenvalue weighted by Crippen LogP contribution is -2.61. The van der Waals surface area contributed by atoms with Crippen LogP contribution in [0.25, 0.3) is 0 Å². The van der Waals surface area contributed by atoms with Crippen molar-refractivity contribution < 1.29 is 19.4 Å². The summed E-state index contributed by atoms with van der Waals surface area (Å²) in [4.78, 5) is 25.8. The molecule has 0 spiro atoms. The molecular formula is C30H44O4. The van der Waals surface area contributed by atoms with Gasteiger partial charge >= 0.3 is 5.97 Å². The normalized spacial score (nSPS) is 49.4. The van der Waals surface area contributed by atoms with E-state index in [2.05, 4.69) is 66.7 Å². The first kappa shape index (κ1) is 24.3. The molecule has 5 rings (SSSR count). The van der Waals surface area contributed by atoms with Gasteiger partial charge in [0.15, 0.2) is 0 Å². The number of carbonyl (C=O) groups is 2. The van der Waals surface area contributed by atoms with Gasteiger partial charge in [-0.3, -0.25) is 9.59 Å². The van der Waals surface area contributed by atoms with Crippen molar-refractivity contribution in [3.63, 3.8) is 0 Å². The number of hydrogen-bond acceptors (Lipinski definition) is 4. The van der Waals surface area contributed by atoms with Gasteiger partial charge in [-0.15, -0.1) is 0 Å². The zero-order valence-corrected chi connectivity index (χ0v) is 22.2. The molecule has 0 amide bonds. The van der Waals surface area contributed by atoms with Crippen LogP contribution < -0.4 is 0 Å². The summed E-state index contributed by atoms with van der Waals surface area (Å²) in [6.07, 6.45) is 10.8. The minimum absolute atomic E-state index is 0.0145. The van der Waals surface area contributed by atoms with Crippen LogP contribution in [-0.4, -0.2) is 29.1 Å². The van der Waals surface area contributed by atoms with Gasteiger partial charge in [0.2, 0.25) is 0 Å². The van der Waals surface area contributed by atoms with Gasteiger partial charge in [-0.25, -0.2) is 0 Å². The Morgan fingerprint density at radius 2 is 1.88 bits per heavy atom. The molecule has 1 heterocycles. The van der Waals surface area contributed by atoms with Crippen LogP contribution in [0.5, 0.6) is 0 Å². The van der Waals surface area contributed by atoms with E-state index in [1.165, 1.54) is 5.57 Å². The summed E-state index contributed by atoms with van der Waals surface area (Å²) in [7, 11) is 0. The maximum Gasteiger partial charge on any atom is 0.309 e. The Kier molecular flexibility index (Phi) is 5.39. The van der Waals surface area contributed by atoms with Crippen molar-refractivity contribution in [1.29, 1.82) is 0 Å². The lowest BCUT2D eigenvalue weighted by molar-refractivity contribution is -0.156. The molecule has 4 aliphatic carbocycles. The van der Waals surface area contributed by atoms with Crippen LogP contribution in [0.2, 0.25) is 0 Å². The molecule has 0 bridgehead atoms. The van der Waals surface area contributed by atoms with Crippen LogP contribution in [-0.2, 0) is 14.3 Å². The molecule has 5 aliphatic rings. The van der Waals surface area contributed by atoms with Crippen LogP contribution in [0.4, 0.5) is 0 Å². The summed E-state index contributed by atoms with van der Waals surface area (Å²) in [6.45, 7) is 15.5. The van der Waals surface area contributed by atoms with Crippen LogP contribution in [0.15, 0.2) is 23.8 Å². The van der Waals surface area contributed by atoms with Gasteiger partial charge in [-0.1, -0.05) is 72.3 Å². The Balaban J connectivity index is 1.54. The number of fused-ring (bicyclic) bond motifs is 7. The van der Waals surface area contributed by atoms with Gasteiger partial charge in [-0.05, 0) is 55.3 Å². The number of carbonyl (C=O) groups excluding carboxylic acids is 2. The maximum atomic E-state index is 12.9. The molecule has 4 heteroatoms. The van der Waals surface area contributed by atoms with Crippen molar-refractivity contribution in [2.45, 2.75) is 99.2 Å². The Hall–Kier alpha value is -1.42. The van der Waals surface area contributed by atoms with E-state index in [0.29, 0.717) is 30.5 Å². The Labute approximate surface area is 205 Å². The molecule has 0 aromatic rings. The van der Waals surface area contributed by atoms with Gasteiger partial charge in [0, 0.05) is 28.6 Å². The number of ketones is 1. The van der Waals surface area contributed by atoms with E-state index in [4.69, 9.17) is 4.74 Å². The van der Waals surface area contributed by atoms with Crippen molar-refractivity contribution in [3.05, 3.63) is 23.8 Å². The third-order valence-electron chi connectivity index (χ3n) is 11.6. The van der Waals surface area contributed by atoms with E-state index in [1.807, 2.05) is 0 Å². The van der Waals surface area contributed by atoms with Gasteiger partial charge in [-0.2, -0.15) is 0 Å². The van der Waals surface area contributed by atoms with Crippen molar-refractivity contribution in [3.8, 4) is 0 Å². The predicted octanol–water partition coefficient (Wildman–Crippen LogP) is 5.89. The Morgan fingerprint density at radius 3 is 2.56 bits per heavy atom. The average molecular weight is 469 g/mol. The Bertz CT molecular complexity index is 959. The summed E-state index contributed by atoms with van der Waals surface area (Å²) in [6, 6.07) is 0. The second-order valence-corrected chi connectivity index (χ2v) is 13.7. The van der Waals surface area contributed by atoms with Gasteiger partial charge in [0.25, 0.3) is 0 Å². The third-order valence-corrected chi connectivity index (χ3v) is 11.6. The van der Waals surface area contributed by atoms with E-state index in [-0.39, 0.29) is 46.1 Å². The highest BCUT2D eigenvalue weighted by Gasteiger charge is 2.73. The molecule has 4 nitrogen and oxygen atoms in total. The van der Waals surface area contributed by atoms with Crippen LogP contribution in [0, 0.1) is 51.2 Å². The highest BCUT2D eigenvalue weighted by atomic mass is 16.6. The fraction of sp³-hybridized carbons (Fsp3) is 0.800. The molecule has 3 saturated carbocycles. The van der Waals surface area contributed by atoms with E-state index in [9.17, 15) is 14.7 Å². The van der Waals surface area contributed by atoms with Gasteiger partial charge < -0.3 is 9.84 Å². The average Bonchev–Trinajstić information content (AvgIpc) is 3.17. The van der Waals surface area contributed by atoms with Gasteiger partial charge in [0.1, 0.15) is 11.9 Å². The molecule has 4 fully saturated rings. The third kappa shape index (κ3) is 2.93. The first-order chi connectivity index (χ1) is 15.8. The van der Waals surface area contributed by atoms with E-state index >= 15 is 0 Å². The summed E-state index contributed by atoms with van der Waals surface area (Å²) < 4.78 is 6.03. The summed E-state index contributed by atoms with van der Waals surface area (Å²) >= 11 is 0. The predicted molar refractivity (Wildman–Crippen MR) is 133 cm³/mol. The molecule has 188 valence electrons. The molecule has 9 atom stereocenters.